The summed E-state index contributed by atoms with van der Waals surface area (Å²) in [7, 11) is 0. The van der Waals surface area contributed by atoms with Crippen molar-refractivity contribution in [3.05, 3.63) is 270 Å². The van der Waals surface area contributed by atoms with Crippen LogP contribution >= 0.6 is 0 Å². The fraction of sp³-hybridized carbons (Fsp3) is 0.0645. The lowest BCUT2D eigenvalue weighted by atomic mass is 9.68. The minimum atomic E-state index is -0.509. The Morgan fingerprint density at radius 1 is 0.333 bits per heavy atom. The molecule has 1 nitrogen and oxygen atoms in total. The molecule has 1 heteroatoms. The van der Waals surface area contributed by atoms with Gasteiger partial charge in [0.1, 0.15) is 0 Å². The average Bonchev–Trinajstić information content (AvgIpc) is 3.79. The van der Waals surface area contributed by atoms with Crippen LogP contribution in [0.2, 0.25) is 0 Å². The molecule has 0 unspecified atom stereocenters. The first-order chi connectivity index (χ1) is 31.0. The van der Waals surface area contributed by atoms with Gasteiger partial charge in [-0.15, -0.1) is 0 Å². The molecule has 0 heterocycles. The molecule has 0 aliphatic heterocycles. The molecule has 2 aliphatic carbocycles. The van der Waals surface area contributed by atoms with E-state index in [2.05, 4.69) is 255 Å². The van der Waals surface area contributed by atoms with Crippen molar-refractivity contribution in [2.75, 3.05) is 4.90 Å². The highest BCUT2D eigenvalue weighted by atomic mass is 15.1. The maximum absolute atomic E-state index is 2.49. The van der Waals surface area contributed by atoms with Crippen LogP contribution in [0.1, 0.15) is 47.2 Å². The Morgan fingerprint density at radius 2 is 0.889 bits per heavy atom. The van der Waals surface area contributed by atoms with Crippen LogP contribution in [-0.4, -0.2) is 0 Å². The first-order valence-electron chi connectivity index (χ1n) is 22.1. The Kier molecular flexibility index (Phi) is 8.49. The topological polar surface area (TPSA) is 3.24 Å². The molecule has 0 atom stereocenters. The normalized spacial score (nSPS) is 13.8. The number of anilines is 3. The summed E-state index contributed by atoms with van der Waals surface area (Å²) in [5, 5.41) is 2.48. The second kappa shape index (κ2) is 14.4. The van der Waals surface area contributed by atoms with E-state index in [1.807, 2.05) is 0 Å². The van der Waals surface area contributed by atoms with Crippen molar-refractivity contribution in [2.24, 2.45) is 0 Å². The third kappa shape index (κ3) is 5.63. The molecule has 12 rings (SSSR count). The molecule has 2 aliphatic rings. The largest absolute Gasteiger partial charge is 0.310 e. The number of benzene rings is 10. The van der Waals surface area contributed by atoms with Crippen LogP contribution < -0.4 is 4.90 Å². The summed E-state index contributed by atoms with van der Waals surface area (Å²) in [6.45, 7) is 4.75. The molecular weight excluding hydrogens is 759 g/mol. The number of hydrogen-bond donors (Lipinski definition) is 0. The quantitative estimate of drug-likeness (QED) is 0.155. The highest BCUT2D eigenvalue weighted by molar-refractivity contribution is 5.98. The zero-order valence-corrected chi connectivity index (χ0v) is 35.5. The number of rotatable bonds is 7. The fourth-order valence-electron chi connectivity index (χ4n) is 11.2. The Bertz CT molecular complexity index is 3320. The zero-order chi connectivity index (χ0) is 42.1. The monoisotopic (exact) mass is 803 g/mol. The molecule has 10 aromatic rings. The van der Waals surface area contributed by atoms with Gasteiger partial charge in [-0.05, 0) is 119 Å². The summed E-state index contributed by atoms with van der Waals surface area (Å²) in [6, 6.07) is 87.8. The summed E-state index contributed by atoms with van der Waals surface area (Å²) in [4.78, 5) is 2.49. The van der Waals surface area contributed by atoms with E-state index in [-0.39, 0.29) is 5.41 Å². The van der Waals surface area contributed by atoms with E-state index in [9.17, 15) is 0 Å². The molecule has 63 heavy (non-hydrogen) atoms. The molecular formula is C62H45N. The maximum Gasteiger partial charge on any atom is 0.0714 e. The average molecular weight is 804 g/mol. The molecule has 0 fully saturated rings. The van der Waals surface area contributed by atoms with Gasteiger partial charge < -0.3 is 4.90 Å². The van der Waals surface area contributed by atoms with Crippen LogP contribution in [0.5, 0.6) is 0 Å². The van der Waals surface area contributed by atoms with Crippen molar-refractivity contribution >= 4 is 27.8 Å². The molecule has 0 radical (unpaired) electrons. The first kappa shape index (κ1) is 37.1. The van der Waals surface area contributed by atoms with Crippen LogP contribution in [0.4, 0.5) is 17.1 Å². The molecule has 0 saturated heterocycles. The lowest BCUT2D eigenvalue weighted by molar-refractivity contribution is 0.662. The lowest BCUT2D eigenvalue weighted by Gasteiger charge is -2.34. The Hall–Kier alpha value is -7.74. The number of hydrogen-bond acceptors (Lipinski definition) is 1. The van der Waals surface area contributed by atoms with E-state index in [0.29, 0.717) is 0 Å². The summed E-state index contributed by atoms with van der Waals surface area (Å²) < 4.78 is 0. The highest BCUT2D eigenvalue weighted by Crippen LogP contribution is 2.60. The van der Waals surface area contributed by atoms with Crippen LogP contribution in [0.25, 0.3) is 55.3 Å². The van der Waals surface area contributed by atoms with Gasteiger partial charge in [-0.25, -0.2) is 0 Å². The molecule has 0 amide bonds. The molecule has 10 aromatic carbocycles. The van der Waals surface area contributed by atoms with Gasteiger partial charge in [0.05, 0.1) is 11.1 Å². The van der Waals surface area contributed by atoms with E-state index in [1.165, 1.54) is 88.7 Å². The minimum absolute atomic E-state index is 0.113. The molecule has 298 valence electrons. The van der Waals surface area contributed by atoms with Gasteiger partial charge in [0.2, 0.25) is 0 Å². The van der Waals surface area contributed by atoms with Gasteiger partial charge in [0.15, 0.2) is 0 Å². The summed E-state index contributed by atoms with van der Waals surface area (Å²) >= 11 is 0. The van der Waals surface area contributed by atoms with Crippen LogP contribution in [-0.2, 0) is 10.8 Å². The van der Waals surface area contributed by atoms with Crippen molar-refractivity contribution in [2.45, 2.75) is 24.7 Å². The van der Waals surface area contributed by atoms with Gasteiger partial charge in [0.25, 0.3) is 0 Å². The standard InChI is InChI=1S/C62H45N/c1-61(2)55-30-13-11-26-52(55)53-29-16-28-51(60(53)61)43-36-38-49(39-37-43)63(50-25-15-20-45(41-50)46-35-34-42-18-9-10-19-44(42)40-46)58-33-17-32-57-59(58)54-27-12-14-31-56(54)62(57,47-21-5-3-6-22-47)48-23-7-4-8-24-48/h3-41H,1-2H3. The van der Waals surface area contributed by atoms with Crippen LogP contribution in [0.15, 0.2) is 237 Å². The molecule has 0 aromatic heterocycles. The van der Waals surface area contributed by atoms with Crippen molar-refractivity contribution in [1.82, 2.24) is 0 Å². The predicted octanol–water partition coefficient (Wildman–Crippen LogP) is 16.3. The Morgan fingerprint density at radius 3 is 1.65 bits per heavy atom. The summed E-state index contributed by atoms with van der Waals surface area (Å²) in [5.41, 5.74) is 20.7. The lowest BCUT2D eigenvalue weighted by Crippen LogP contribution is -2.28. The summed E-state index contributed by atoms with van der Waals surface area (Å²) in [6.07, 6.45) is 0. The van der Waals surface area contributed by atoms with E-state index in [1.54, 1.807) is 0 Å². The van der Waals surface area contributed by atoms with Gasteiger partial charge in [-0.3, -0.25) is 0 Å². The van der Waals surface area contributed by atoms with E-state index in [4.69, 9.17) is 0 Å². The highest BCUT2D eigenvalue weighted by Gasteiger charge is 2.47. The van der Waals surface area contributed by atoms with Gasteiger partial charge in [0, 0.05) is 22.4 Å². The number of fused-ring (bicyclic) bond motifs is 7. The SMILES string of the molecule is CC1(C)c2ccccc2-c2cccc(-c3ccc(N(c4cccc(-c5ccc6ccccc6c5)c4)c4cccc5c4-c4ccccc4C5(c4ccccc4)c4ccccc4)cc3)c21. The Labute approximate surface area is 370 Å². The molecule has 0 bridgehead atoms. The van der Waals surface area contributed by atoms with Crippen molar-refractivity contribution in [1.29, 1.82) is 0 Å². The van der Waals surface area contributed by atoms with E-state index in [0.717, 1.165) is 17.1 Å². The molecule has 0 spiro atoms. The van der Waals surface area contributed by atoms with Gasteiger partial charge in [-0.2, -0.15) is 0 Å². The van der Waals surface area contributed by atoms with Crippen molar-refractivity contribution in [3.8, 4) is 44.5 Å². The Balaban J connectivity index is 1.08. The van der Waals surface area contributed by atoms with Crippen LogP contribution in [0.3, 0.4) is 0 Å². The second-order valence-corrected chi connectivity index (χ2v) is 17.6. The third-order valence-electron chi connectivity index (χ3n) is 13.9. The predicted molar refractivity (Wildman–Crippen MR) is 264 cm³/mol. The van der Waals surface area contributed by atoms with Crippen molar-refractivity contribution in [3.63, 3.8) is 0 Å². The van der Waals surface area contributed by atoms with Gasteiger partial charge >= 0.3 is 0 Å². The van der Waals surface area contributed by atoms with Crippen molar-refractivity contribution < 1.29 is 0 Å². The van der Waals surface area contributed by atoms with E-state index < -0.39 is 5.41 Å². The second-order valence-electron chi connectivity index (χ2n) is 17.6. The van der Waals surface area contributed by atoms with Gasteiger partial charge in [-0.1, -0.05) is 214 Å². The maximum atomic E-state index is 2.49. The van der Waals surface area contributed by atoms with Crippen LogP contribution in [0, 0.1) is 0 Å². The minimum Gasteiger partial charge on any atom is -0.310 e. The first-order valence-corrected chi connectivity index (χ1v) is 22.1. The number of nitrogens with zero attached hydrogens (tertiary/aromatic N) is 1. The third-order valence-corrected chi connectivity index (χ3v) is 13.9. The summed E-state index contributed by atoms with van der Waals surface area (Å²) in [5.74, 6) is 0. The molecule has 0 saturated carbocycles. The smallest absolute Gasteiger partial charge is 0.0714 e. The zero-order valence-electron chi connectivity index (χ0n) is 35.5. The fourth-order valence-corrected chi connectivity index (χ4v) is 11.2. The van der Waals surface area contributed by atoms with E-state index >= 15 is 0 Å². The molecule has 0 N–H and O–H groups in total.